The van der Waals surface area contributed by atoms with Gasteiger partial charge in [0.05, 0.1) is 17.1 Å². The van der Waals surface area contributed by atoms with E-state index in [0.717, 1.165) is 16.1 Å². The summed E-state index contributed by atoms with van der Waals surface area (Å²) in [7, 11) is 0. The minimum Gasteiger partial charge on any atom is -0.296 e. The number of hydrogen-bond donors (Lipinski definition) is 1. The minimum atomic E-state index is -0.227. The van der Waals surface area contributed by atoms with Gasteiger partial charge in [-0.3, -0.25) is 10.1 Å². The summed E-state index contributed by atoms with van der Waals surface area (Å²) in [5, 5.41) is 17.0. The average molecular weight is 316 g/mol. The Balaban J connectivity index is 2.04. The molecule has 0 atom stereocenters. The van der Waals surface area contributed by atoms with Crippen LogP contribution >= 0.6 is 11.3 Å². The lowest BCUT2D eigenvalue weighted by Crippen LogP contribution is -2.13. The molecule has 3 heterocycles. The first-order valence-electron chi connectivity index (χ1n) is 6.92. The van der Waals surface area contributed by atoms with Crippen molar-refractivity contribution in [3.05, 3.63) is 28.5 Å². The van der Waals surface area contributed by atoms with Crippen molar-refractivity contribution in [3.63, 3.8) is 0 Å². The number of fused-ring (bicyclic) bond motifs is 1. The Kier molecular flexibility index (Phi) is 3.61. The van der Waals surface area contributed by atoms with Gasteiger partial charge in [-0.2, -0.15) is 5.10 Å². The van der Waals surface area contributed by atoms with Crippen molar-refractivity contribution in [1.29, 1.82) is 0 Å². The van der Waals surface area contributed by atoms with Crippen LogP contribution in [0.3, 0.4) is 0 Å². The highest BCUT2D eigenvalue weighted by Gasteiger charge is 2.17. The summed E-state index contributed by atoms with van der Waals surface area (Å²) in [5.41, 5.74) is 2.03. The molecule has 7 nitrogen and oxygen atoms in total. The molecule has 0 spiro atoms. The second kappa shape index (κ2) is 5.45. The molecule has 3 aromatic rings. The monoisotopic (exact) mass is 316 g/mol. The lowest BCUT2D eigenvalue weighted by Gasteiger charge is -2.08. The number of aromatic nitrogens is 5. The van der Waals surface area contributed by atoms with Crippen molar-refractivity contribution in [1.82, 2.24) is 25.0 Å². The van der Waals surface area contributed by atoms with Crippen molar-refractivity contribution in [3.8, 4) is 0 Å². The summed E-state index contributed by atoms with van der Waals surface area (Å²) in [6.07, 6.45) is 1.68. The number of pyridine rings is 1. The summed E-state index contributed by atoms with van der Waals surface area (Å²) >= 11 is 1.34. The summed E-state index contributed by atoms with van der Waals surface area (Å²) in [6, 6.07) is 1.94. The zero-order chi connectivity index (χ0) is 15.9. The van der Waals surface area contributed by atoms with E-state index >= 15 is 0 Å². The van der Waals surface area contributed by atoms with Crippen LogP contribution in [-0.4, -0.2) is 30.9 Å². The minimum absolute atomic E-state index is 0.175. The molecule has 0 unspecified atom stereocenters. The Morgan fingerprint density at radius 2 is 2.09 bits per heavy atom. The van der Waals surface area contributed by atoms with Crippen LogP contribution in [-0.2, 0) is 0 Å². The molecule has 0 saturated carbocycles. The van der Waals surface area contributed by atoms with Gasteiger partial charge in [-0.05, 0) is 33.8 Å². The molecule has 0 radical (unpaired) electrons. The van der Waals surface area contributed by atoms with E-state index in [-0.39, 0.29) is 11.9 Å². The third-order valence-electron chi connectivity index (χ3n) is 3.18. The van der Waals surface area contributed by atoms with E-state index in [2.05, 4.69) is 25.6 Å². The van der Waals surface area contributed by atoms with Gasteiger partial charge in [-0.25, -0.2) is 9.67 Å². The van der Waals surface area contributed by atoms with Gasteiger partial charge in [0.25, 0.3) is 5.91 Å². The number of hydrogen-bond acceptors (Lipinski definition) is 6. The van der Waals surface area contributed by atoms with Gasteiger partial charge in [0, 0.05) is 11.7 Å². The fourth-order valence-corrected chi connectivity index (χ4v) is 2.81. The highest BCUT2D eigenvalue weighted by atomic mass is 32.1. The van der Waals surface area contributed by atoms with E-state index in [4.69, 9.17) is 0 Å². The Labute approximate surface area is 131 Å². The van der Waals surface area contributed by atoms with Crippen molar-refractivity contribution in [2.24, 2.45) is 0 Å². The third-order valence-corrected chi connectivity index (χ3v) is 3.93. The number of carbonyl (C=O) groups excluding carboxylic acids is 1. The zero-order valence-electron chi connectivity index (χ0n) is 12.8. The van der Waals surface area contributed by atoms with E-state index < -0.39 is 0 Å². The van der Waals surface area contributed by atoms with Gasteiger partial charge in [0.1, 0.15) is 5.01 Å². The topological polar surface area (TPSA) is 85.6 Å². The Bertz CT molecular complexity index is 850. The second-order valence-corrected chi connectivity index (χ2v) is 6.49. The highest BCUT2D eigenvalue weighted by molar-refractivity contribution is 7.15. The molecule has 8 heteroatoms. The molecular weight excluding hydrogens is 300 g/mol. The second-order valence-electron chi connectivity index (χ2n) is 5.31. The van der Waals surface area contributed by atoms with E-state index in [1.165, 1.54) is 11.3 Å². The molecule has 114 valence electrons. The molecule has 3 rings (SSSR count). The lowest BCUT2D eigenvalue weighted by atomic mass is 10.1. The van der Waals surface area contributed by atoms with E-state index in [0.29, 0.717) is 16.3 Å². The van der Waals surface area contributed by atoms with Gasteiger partial charge in [-0.15, -0.1) is 10.2 Å². The van der Waals surface area contributed by atoms with Gasteiger partial charge >= 0.3 is 0 Å². The molecule has 3 aromatic heterocycles. The Morgan fingerprint density at radius 1 is 1.32 bits per heavy atom. The number of carbonyl (C=O) groups is 1. The van der Waals surface area contributed by atoms with Gasteiger partial charge < -0.3 is 0 Å². The van der Waals surface area contributed by atoms with Crippen LogP contribution in [0.2, 0.25) is 0 Å². The number of aryl methyl sites for hydroxylation is 2. The number of anilines is 1. The van der Waals surface area contributed by atoms with E-state index in [9.17, 15) is 4.79 Å². The van der Waals surface area contributed by atoms with Crippen molar-refractivity contribution >= 4 is 33.4 Å². The molecule has 0 aliphatic rings. The van der Waals surface area contributed by atoms with Crippen LogP contribution in [0.4, 0.5) is 5.13 Å². The maximum absolute atomic E-state index is 12.5. The molecule has 22 heavy (non-hydrogen) atoms. The summed E-state index contributed by atoms with van der Waals surface area (Å²) in [5.74, 6) is -0.227. The van der Waals surface area contributed by atoms with Gasteiger partial charge in [0.2, 0.25) is 5.13 Å². The first-order chi connectivity index (χ1) is 10.5. The molecule has 0 aliphatic heterocycles. The SMILES string of the molecule is Cc1cc(C(=O)Nc2nnc(C)s2)c2cnn(C(C)C)c2n1. The van der Waals surface area contributed by atoms with Crippen LogP contribution in [0.1, 0.15) is 40.9 Å². The van der Waals surface area contributed by atoms with Crippen LogP contribution < -0.4 is 5.32 Å². The largest absolute Gasteiger partial charge is 0.296 e. The van der Waals surface area contributed by atoms with E-state index in [1.54, 1.807) is 12.3 Å². The molecule has 1 amide bonds. The van der Waals surface area contributed by atoms with Crippen molar-refractivity contribution in [2.45, 2.75) is 33.7 Å². The summed E-state index contributed by atoms with van der Waals surface area (Å²) in [4.78, 5) is 17.0. The fourth-order valence-electron chi connectivity index (χ4n) is 2.22. The van der Waals surface area contributed by atoms with Crippen molar-refractivity contribution in [2.75, 3.05) is 5.32 Å². The summed E-state index contributed by atoms with van der Waals surface area (Å²) < 4.78 is 1.81. The standard InChI is InChI=1S/C14H16N6OS/c1-7(2)20-12-11(6-15-20)10(5-8(3)16-12)13(21)17-14-19-18-9(4)22-14/h5-7H,1-4H3,(H,17,19,21). The number of amides is 1. The van der Waals surface area contributed by atoms with Crippen molar-refractivity contribution < 1.29 is 4.79 Å². The third kappa shape index (κ3) is 2.57. The number of nitrogens with one attached hydrogen (secondary N) is 1. The first-order valence-corrected chi connectivity index (χ1v) is 7.73. The first kappa shape index (κ1) is 14.6. The van der Waals surface area contributed by atoms with E-state index in [1.807, 2.05) is 32.4 Å². The summed E-state index contributed by atoms with van der Waals surface area (Å²) in [6.45, 7) is 7.76. The maximum atomic E-state index is 12.5. The van der Waals surface area contributed by atoms with Gasteiger partial charge in [-0.1, -0.05) is 11.3 Å². The number of rotatable bonds is 3. The van der Waals surface area contributed by atoms with Gasteiger partial charge in [0.15, 0.2) is 5.65 Å². The lowest BCUT2D eigenvalue weighted by molar-refractivity contribution is 0.102. The molecule has 0 aromatic carbocycles. The fraction of sp³-hybridized carbons (Fsp3) is 0.357. The molecule has 0 fully saturated rings. The number of nitrogens with zero attached hydrogens (tertiary/aromatic N) is 5. The Hall–Kier alpha value is -2.35. The smallest absolute Gasteiger partial charge is 0.258 e. The quantitative estimate of drug-likeness (QED) is 0.803. The molecule has 0 bridgehead atoms. The molecule has 1 N–H and O–H groups in total. The predicted octanol–water partition coefficient (Wildman–Crippen LogP) is 2.73. The molecule has 0 aliphatic carbocycles. The Morgan fingerprint density at radius 3 is 2.73 bits per heavy atom. The predicted molar refractivity (Wildman–Crippen MR) is 85.2 cm³/mol. The molecular formula is C14H16N6OS. The van der Waals surface area contributed by atoms with Crippen LogP contribution in [0.25, 0.3) is 11.0 Å². The molecule has 0 saturated heterocycles. The van der Waals surface area contributed by atoms with Crippen LogP contribution in [0, 0.1) is 13.8 Å². The average Bonchev–Trinajstić information content (AvgIpc) is 3.03. The zero-order valence-corrected chi connectivity index (χ0v) is 13.6. The normalized spacial score (nSPS) is 11.3. The van der Waals surface area contributed by atoms with Crippen LogP contribution in [0.15, 0.2) is 12.3 Å². The highest BCUT2D eigenvalue weighted by Crippen LogP contribution is 2.22. The van der Waals surface area contributed by atoms with Crippen LogP contribution in [0.5, 0.6) is 0 Å². The maximum Gasteiger partial charge on any atom is 0.258 e.